The molecular weight excluding hydrogens is 352 g/mol. The van der Waals surface area contributed by atoms with Gasteiger partial charge in [0.2, 0.25) is 0 Å². The largest absolute Gasteiger partial charge is 0.507 e. The molecule has 1 atom stereocenters. The number of hydrogen-bond donors (Lipinski definition) is 1. The first kappa shape index (κ1) is 16.6. The predicted octanol–water partition coefficient (Wildman–Crippen LogP) is 7.32. The van der Waals surface area contributed by atoms with Gasteiger partial charge < -0.3 is 5.11 Å². The zero-order valence-corrected chi connectivity index (χ0v) is 16.2. The molecule has 0 bridgehead atoms. The van der Waals surface area contributed by atoms with Gasteiger partial charge in [0, 0.05) is 11.3 Å². The Morgan fingerprint density at radius 3 is 2.21 bits per heavy atom. The van der Waals surface area contributed by atoms with Crippen LogP contribution in [0.5, 0.6) is 5.75 Å². The molecular formula is C28H22O. The molecule has 5 aromatic rings. The summed E-state index contributed by atoms with van der Waals surface area (Å²) < 4.78 is 0. The number of aromatic hydroxyl groups is 1. The van der Waals surface area contributed by atoms with Gasteiger partial charge in [-0.05, 0) is 69.0 Å². The van der Waals surface area contributed by atoms with Crippen LogP contribution in [-0.2, 0) is 6.42 Å². The molecule has 1 aliphatic rings. The van der Waals surface area contributed by atoms with Gasteiger partial charge in [-0.2, -0.15) is 0 Å². The zero-order chi connectivity index (χ0) is 19.4. The van der Waals surface area contributed by atoms with Gasteiger partial charge in [0.25, 0.3) is 0 Å². The van der Waals surface area contributed by atoms with Crippen molar-refractivity contribution in [2.75, 3.05) is 0 Å². The molecule has 0 aliphatic heterocycles. The first-order valence-electron chi connectivity index (χ1n) is 10.4. The number of hydrogen-bond acceptors (Lipinski definition) is 1. The minimum atomic E-state index is 0.366. The van der Waals surface area contributed by atoms with Crippen LogP contribution in [0.4, 0.5) is 0 Å². The molecule has 1 nitrogen and oxygen atoms in total. The van der Waals surface area contributed by atoms with Gasteiger partial charge in [0.05, 0.1) is 0 Å². The van der Waals surface area contributed by atoms with Gasteiger partial charge in [-0.25, -0.2) is 0 Å². The molecule has 1 heteroatoms. The highest BCUT2D eigenvalue weighted by Gasteiger charge is 2.25. The van der Waals surface area contributed by atoms with Crippen molar-refractivity contribution in [2.24, 2.45) is 0 Å². The number of aryl methyl sites for hydroxylation is 1. The van der Waals surface area contributed by atoms with E-state index in [9.17, 15) is 5.11 Å². The third-order valence-corrected chi connectivity index (χ3v) is 6.68. The van der Waals surface area contributed by atoms with Crippen LogP contribution in [0, 0.1) is 0 Å². The molecule has 0 saturated carbocycles. The van der Waals surface area contributed by atoms with E-state index in [0.29, 0.717) is 11.7 Å². The Balaban J connectivity index is 1.61. The number of fused-ring (bicyclic) bond motifs is 6. The molecule has 0 saturated heterocycles. The molecule has 1 unspecified atom stereocenters. The smallest absolute Gasteiger partial charge is 0.123 e. The molecule has 1 N–H and O–H groups in total. The second-order valence-electron chi connectivity index (χ2n) is 8.18. The first-order chi connectivity index (χ1) is 14.3. The highest BCUT2D eigenvalue weighted by atomic mass is 16.3. The van der Waals surface area contributed by atoms with E-state index in [0.717, 1.165) is 18.2 Å². The van der Waals surface area contributed by atoms with E-state index < -0.39 is 0 Å². The van der Waals surface area contributed by atoms with Crippen LogP contribution >= 0.6 is 0 Å². The molecule has 140 valence electrons. The third kappa shape index (κ3) is 2.47. The molecule has 0 fully saturated rings. The lowest BCUT2D eigenvalue weighted by atomic mass is 9.76. The van der Waals surface area contributed by atoms with Crippen molar-refractivity contribution in [3.63, 3.8) is 0 Å². The maximum atomic E-state index is 10.3. The maximum absolute atomic E-state index is 10.3. The van der Waals surface area contributed by atoms with Gasteiger partial charge in [0.15, 0.2) is 0 Å². The fraction of sp³-hybridized carbons (Fsp3) is 0.143. The lowest BCUT2D eigenvalue weighted by Crippen LogP contribution is -2.12. The van der Waals surface area contributed by atoms with E-state index in [1.54, 1.807) is 0 Å². The summed E-state index contributed by atoms with van der Waals surface area (Å²) >= 11 is 0. The molecule has 0 heterocycles. The van der Waals surface area contributed by atoms with Crippen molar-refractivity contribution in [3.8, 4) is 5.75 Å². The third-order valence-electron chi connectivity index (χ3n) is 6.68. The lowest BCUT2D eigenvalue weighted by molar-refractivity contribution is 0.481. The topological polar surface area (TPSA) is 20.2 Å². The zero-order valence-electron chi connectivity index (χ0n) is 16.2. The fourth-order valence-electron chi connectivity index (χ4n) is 5.34. The van der Waals surface area contributed by atoms with Crippen molar-refractivity contribution >= 4 is 32.3 Å². The molecule has 0 aromatic heterocycles. The van der Waals surface area contributed by atoms with Crippen molar-refractivity contribution in [1.29, 1.82) is 0 Å². The molecule has 29 heavy (non-hydrogen) atoms. The summed E-state index contributed by atoms with van der Waals surface area (Å²) in [7, 11) is 0. The molecule has 0 amide bonds. The molecule has 6 rings (SSSR count). The van der Waals surface area contributed by atoms with Crippen LogP contribution in [0.15, 0.2) is 84.9 Å². The number of phenolic OH excluding ortho intramolecular Hbond substituents is 1. The Morgan fingerprint density at radius 2 is 1.31 bits per heavy atom. The summed E-state index contributed by atoms with van der Waals surface area (Å²) in [5.74, 6) is 0.741. The summed E-state index contributed by atoms with van der Waals surface area (Å²) in [4.78, 5) is 0. The molecule has 1 aliphatic carbocycles. The Kier molecular flexibility index (Phi) is 3.64. The minimum absolute atomic E-state index is 0.366. The second kappa shape index (κ2) is 6.35. The van der Waals surface area contributed by atoms with E-state index in [1.807, 2.05) is 18.2 Å². The van der Waals surface area contributed by atoms with E-state index in [1.165, 1.54) is 50.0 Å². The standard InChI is InChI=1S/C28H22O/c29-28-17-16-26(22-8-3-4-9-27(22)28)21-11-5-10-20-24-13-12-18-6-1-2-7-19(18)23(24)14-15-25(20)21/h1-4,6-9,12-17,21,29H,5,10-11H2. The number of benzene rings is 5. The Bertz CT molecular complexity index is 1400. The van der Waals surface area contributed by atoms with Gasteiger partial charge in [-0.1, -0.05) is 78.9 Å². The second-order valence-corrected chi connectivity index (χ2v) is 8.18. The van der Waals surface area contributed by atoms with Gasteiger partial charge >= 0.3 is 0 Å². The lowest BCUT2D eigenvalue weighted by Gasteiger charge is -2.28. The van der Waals surface area contributed by atoms with Crippen molar-refractivity contribution in [1.82, 2.24) is 0 Å². The van der Waals surface area contributed by atoms with Crippen LogP contribution in [-0.4, -0.2) is 5.11 Å². The predicted molar refractivity (Wildman–Crippen MR) is 122 cm³/mol. The molecule has 0 radical (unpaired) electrons. The van der Waals surface area contributed by atoms with Crippen LogP contribution in [0.25, 0.3) is 32.3 Å². The Morgan fingerprint density at radius 1 is 0.586 bits per heavy atom. The van der Waals surface area contributed by atoms with Gasteiger partial charge in [0.1, 0.15) is 5.75 Å². The van der Waals surface area contributed by atoms with E-state index in [4.69, 9.17) is 0 Å². The van der Waals surface area contributed by atoms with Gasteiger partial charge in [-0.15, -0.1) is 0 Å². The van der Waals surface area contributed by atoms with Gasteiger partial charge in [-0.3, -0.25) is 0 Å². The highest BCUT2D eigenvalue weighted by Crippen LogP contribution is 2.44. The monoisotopic (exact) mass is 374 g/mol. The number of rotatable bonds is 1. The van der Waals surface area contributed by atoms with Crippen LogP contribution in [0.2, 0.25) is 0 Å². The average molecular weight is 374 g/mol. The quantitative estimate of drug-likeness (QED) is 0.305. The summed E-state index contributed by atoms with van der Waals surface area (Å²) in [6.07, 6.45) is 3.48. The summed E-state index contributed by atoms with van der Waals surface area (Å²) in [5, 5.41) is 17.8. The van der Waals surface area contributed by atoms with Crippen LogP contribution < -0.4 is 0 Å². The van der Waals surface area contributed by atoms with Crippen molar-refractivity contribution < 1.29 is 5.11 Å². The molecule has 5 aromatic carbocycles. The summed E-state index contributed by atoms with van der Waals surface area (Å²) in [6, 6.07) is 30.1. The van der Waals surface area contributed by atoms with E-state index in [2.05, 4.69) is 66.7 Å². The Labute approximate surface area is 170 Å². The minimum Gasteiger partial charge on any atom is -0.507 e. The van der Waals surface area contributed by atoms with E-state index >= 15 is 0 Å². The van der Waals surface area contributed by atoms with E-state index in [-0.39, 0.29) is 0 Å². The normalized spacial score (nSPS) is 16.3. The Hall–Kier alpha value is -3.32. The van der Waals surface area contributed by atoms with Crippen LogP contribution in [0.1, 0.15) is 35.4 Å². The average Bonchev–Trinajstić information content (AvgIpc) is 2.79. The fourth-order valence-corrected chi connectivity index (χ4v) is 5.34. The summed E-state index contributed by atoms with van der Waals surface area (Å²) in [5.41, 5.74) is 4.29. The van der Waals surface area contributed by atoms with Crippen LogP contribution in [0.3, 0.4) is 0 Å². The SMILES string of the molecule is Oc1ccc(C2CCCc3c2ccc2c3ccc3ccccc32)c2ccccc12. The maximum Gasteiger partial charge on any atom is 0.123 e. The first-order valence-corrected chi connectivity index (χ1v) is 10.4. The van der Waals surface area contributed by atoms with Crippen molar-refractivity contribution in [2.45, 2.75) is 25.2 Å². The summed E-state index contributed by atoms with van der Waals surface area (Å²) in [6.45, 7) is 0. The highest BCUT2D eigenvalue weighted by molar-refractivity contribution is 6.09. The molecule has 0 spiro atoms. The van der Waals surface area contributed by atoms with Crippen molar-refractivity contribution in [3.05, 3.63) is 102 Å². The number of phenols is 1.